The van der Waals surface area contributed by atoms with Gasteiger partial charge >= 0.3 is 11.9 Å². The van der Waals surface area contributed by atoms with Crippen LogP contribution < -0.4 is 5.32 Å². The number of esters is 2. The predicted octanol–water partition coefficient (Wildman–Crippen LogP) is 6.71. The van der Waals surface area contributed by atoms with Crippen molar-refractivity contribution in [3.05, 3.63) is 12.2 Å². The molecule has 0 heterocycles. The molecule has 0 bridgehead atoms. The Hall–Kier alpha value is -2.46. The molecule has 10 heteroatoms. The van der Waals surface area contributed by atoms with Crippen molar-refractivity contribution in [1.29, 1.82) is 0 Å². The highest BCUT2D eigenvalue weighted by atomic mass is 16.5. The number of nitrogens with one attached hydrogen (secondary N) is 1. The van der Waals surface area contributed by atoms with Gasteiger partial charge in [0, 0.05) is 25.2 Å². The predicted molar refractivity (Wildman–Crippen MR) is 194 cm³/mol. The number of amides is 2. The molecule has 280 valence electrons. The fraction of sp³-hybridized carbons (Fsp3) is 0.842. The molecule has 2 unspecified atom stereocenters. The molecular formula is C38H71N3O7. The molecule has 0 saturated heterocycles. The summed E-state index contributed by atoms with van der Waals surface area (Å²) >= 11 is 0. The summed E-state index contributed by atoms with van der Waals surface area (Å²) in [5.74, 6) is -1.53. The highest BCUT2D eigenvalue weighted by molar-refractivity contribution is 5.96. The van der Waals surface area contributed by atoms with Gasteiger partial charge in [0.05, 0.1) is 38.1 Å². The van der Waals surface area contributed by atoms with Gasteiger partial charge in [-0.05, 0) is 39.8 Å². The Balaban J connectivity index is 5.26. The highest BCUT2D eigenvalue weighted by Crippen LogP contribution is 2.20. The van der Waals surface area contributed by atoms with E-state index >= 15 is 0 Å². The maximum Gasteiger partial charge on any atom is 0.308 e. The van der Waals surface area contributed by atoms with E-state index in [1.54, 1.807) is 0 Å². The Morgan fingerprint density at radius 2 is 1.06 bits per heavy atom. The van der Waals surface area contributed by atoms with Crippen molar-refractivity contribution in [3.63, 3.8) is 0 Å². The molecule has 2 amide bonds. The minimum absolute atomic E-state index is 0.0387. The first-order valence-corrected chi connectivity index (χ1v) is 19.0. The van der Waals surface area contributed by atoms with Crippen molar-refractivity contribution in [3.8, 4) is 0 Å². The van der Waals surface area contributed by atoms with Crippen LogP contribution in [0.3, 0.4) is 0 Å². The molecule has 2 atom stereocenters. The summed E-state index contributed by atoms with van der Waals surface area (Å²) in [6, 6.07) is 0. The summed E-state index contributed by atoms with van der Waals surface area (Å²) in [6.45, 7) is 11.0. The Labute approximate surface area is 293 Å². The third-order valence-electron chi connectivity index (χ3n) is 8.42. The van der Waals surface area contributed by atoms with Crippen LogP contribution in [0.25, 0.3) is 0 Å². The molecule has 1 N–H and O–H groups in total. The van der Waals surface area contributed by atoms with Gasteiger partial charge in [0.15, 0.2) is 0 Å². The average molecular weight is 682 g/mol. The quantitative estimate of drug-likeness (QED) is 0.0474. The largest absolute Gasteiger partial charge is 0.464 e. The van der Waals surface area contributed by atoms with Gasteiger partial charge in [-0.15, -0.1) is 0 Å². The van der Waals surface area contributed by atoms with E-state index in [1.165, 1.54) is 17.1 Å². The van der Waals surface area contributed by atoms with Gasteiger partial charge in [0.25, 0.3) is 0 Å². The molecule has 0 aliphatic carbocycles. The second-order valence-corrected chi connectivity index (χ2v) is 13.1. The van der Waals surface area contributed by atoms with Crippen molar-refractivity contribution in [2.24, 2.45) is 11.8 Å². The fourth-order valence-corrected chi connectivity index (χ4v) is 5.28. The van der Waals surface area contributed by atoms with E-state index in [9.17, 15) is 19.2 Å². The molecular weight excluding hydrogens is 610 g/mol. The van der Waals surface area contributed by atoms with Crippen LogP contribution in [0.2, 0.25) is 0 Å². The number of unbranched alkanes of at least 4 members (excludes halogenated alkanes) is 8. The Bertz CT molecular complexity index is 823. The van der Waals surface area contributed by atoms with Crippen LogP contribution in [0, 0.1) is 11.8 Å². The number of nitrogens with zero attached hydrogens (tertiary/aromatic N) is 2. The summed E-state index contributed by atoms with van der Waals surface area (Å²) in [5.41, 5.74) is 0. The normalized spacial score (nSPS) is 12.6. The number of ether oxygens (including phenoxy) is 3. The lowest BCUT2D eigenvalue weighted by Crippen LogP contribution is -2.37. The SMILES string of the molecule is CCCCCCC(CCCC)C(=O)OCCN(CCOC(=O)C(CCCC)CCCCCC)C(=O)C=CC(=O)NCCOCCN(C)C. The Morgan fingerprint density at radius 1 is 0.583 bits per heavy atom. The van der Waals surface area contributed by atoms with E-state index in [-0.39, 0.29) is 50.1 Å². The zero-order chi connectivity index (χ0) is 35.8. The van der Waals surface area contributed by atoms with Gasteiger partial charge in [-0.25, -0.2) is 0 Å². The molecule has 0 aliphatic heterocycles. The Kier molecular flexibility index (Phi) is 30.2. The second-order valence-electron chi connectivity index (χ2n) is 13.1. The molecule has 0 fully saturated rings. The highest BCUT2D eigenvalue weighted by Gasteiger charge is 2.22. The molecule has 0 saturated carbocycles. The van der Waals surface area contributed by atoms with Gasteiger partial charge in [-0.3, -0.25) is 19.2 Å². The maximum absolute atomic E-state index is 13.2. The van der Waals surface area contributed by atoms with Crippen molar-refractivity contribution < 1.29 is 33.4 Å². The van der Waals surface area contributed by atoms with Crippen LogP contribution in [0.1, 0.15) is 130 Å². The number of hydrogen-bond donors (Lipinski definition) is 1. The molecule has 0 aliphatic rings. The monoisotopic (exact) mass is 682 g/mol. The van der Waals surface area contributed by atoms with Crippen molar-refractivity contribution in [1.82, 2.24) is 15.1 Å². The zero-order valence-electron chi connectivity index (χ0n) is 31.5. The average Bonchev–Trinajstić information content (AvgIpc) is 3.07. The number of likely N-dealkylation sites (N-methyl/N-ethyl adjacent to an activating group) is 1. The van der Waals surface area contributed by atoms with Crippen molar-refractivity contribution in [2.45, 2.75) is 130 Å². The number of carbonyl (C=O) groups is 4. The Morgan fingerprint density at radius 3 is 1.52 bits per heavy atom. The van der Waals surface area contributed by atoms with Crippen LogP contribution in [0.5, 0.6) is 0 Å². The molecule has 0 spiro atoms. The number of rotatable bonds is 32. The van der Waals surface area contributed by atoms with E-state index in [0.29, 0.717) is 19.8 Å². The van der Waals surface area contributed by atoms with Gasteiger partial charge in [-0.1, -0.05) is 105 Å². The van der Waals surface area contributed by atoms with Crippen molar-refractivity contribution in [2.75, 3.05) is 66.7 Å². The molecule has 0 radical (unpaired) electrons. The minimum atomic E-state index is -0.413. The number of hydrogen-bond acceptors (Lipinski definition) is 8. The lowest BCUT2D eigenvalue weighted by Gasteiger charge is -2.23. The van der Waals surface area contributed by atoms with E-state index in [2.05, 4.69) is 33.0 Å². The minimum Gasteiger partial charge on any atom is -0.464 e. The first kappa shape index (κ1) is 45.5. The number of carbonyl (C=O) groups excluding carboxylic acids is 4. The van der Waals surface area contributed by atoms with Crippen LogP contribution in [-0.2, 0) is 33.4 Å². The summed E-state index contributed by atoms with van der Waals surface area (Å²) in [7, 11) is 3.92. The fourth-order valence-electron chi connectivity index (χ4n) is 5.28. The lowest BCUT2D eigenvalue weighted by molar-refractivity contribution is -0.151. The smallest absolute Gasteiger partial charge is 0.308 e. The summed E-state index contributed by atoms with van der Waals surface area (Å²) in [4.78, 5) is 55.0. The standard InChI is InChI=1S/C38H71N3O7/c1-7-11-15-17-21-33(19-13-9-3)37(44)47-31-27-41(36(43)24-23-35(42)39-25-29-46-30-26-40(5)6)28-32-48-38(45)34(20-14-10-4)22-18-16-12-8-2/h23-24,33-34H,7-22,25-32H2,1-6H3,(H,39,42). The van der Waals surface area contributed by atoms with Gasteiger partial charge in [0.2, 0.25) is 11.8 Å². The van der Waals surface area contributed by atoms with Crippen LogP contribution in [0.15, 0.2) is 12.2 Å². The third kappa shape index (κ3) is 25.5. The molecule has 0 aromatic carbocycles. The van der Waals surface area contributed by atoms with Crippen LogP contribution in [-0.4, -0.2) is 100 Å². The summed E-state index contributed by atoms with van der Waals surface area (Å²) in [5, 5.41) is 2.71. The second kappa shape index (κ2) is 31.8. The van der Waals surface area contributed by atoms with Gasteiger partial charge < -0.3 is 29.3 Å². The zero-order valence-corrected chi connectivity index (χ0v) is 31.5. The topological polar surface area (TPSA) is 114 Å². The summed E-state index contributed by atoms with van der Waals surface area (Å²) < 4.78 is 16.8. The van der Waals surface area contributed by atoms with E-state index < -0.39 is 11.8 Å². The van der Waals surface area contributed by atoms with E-state index in [4.69, 9.17) is 14.2 Å². The van der Waals surface area contributed by atoms with E-state index in [0.717, 1.165) is 109 Å². The lowest BCUT2D eigenvalue weighted by atomic mass is 9.95. The first-order chi connectivity index (χ1) is 23.2. The molecule has 0 aromatic rings. The molecule has 48 heavy (non-hydrogen) atoms. The maximum atomic E-state index is 13.2. The van der Waals surface area contributed by atoms with Crippen LogP contribution in [0.4, 0.5) is 0 Å². The van der Waals surface area contributed by atoms with Crippen molar-refractivity contribution >= 4 is 23.8 Å². The molecule has 0 rings (SSSR count). The third-order valence-corrected chi connectivity index (χ3v) is 8.42. The van der Waals surface area contributed by atoms with Crippen LogP contribution >= 0.6 is 0 Å². The molecule has 10 nitrogen and oxygen atoms in total. The summed E-state index contributed by atoms with van der Waals surface area (Å²) in [6.07, 6.45) is 18.4. The van der Waals surface area contributed by atoms with E-state index in [1.807, 2.05) is 19.0 Å². The van der Waals surface area contributed by atoms with Gasteiger partial charge in [0.1, 0.15) is 13.2 Å². The first-order valence-electron chi connectivity index (χ1n) is 19.0. The molecule has 0 aromatic heterocycles. The van der Waals surface area contributed by atoms with Gasteiger partial charge in [-0.2, -0.15) is 0 Å².